The molecule has 2 aromatic carbocycles. The molecule has 7 heteroatoms. The highest BCUT2D eigenvalue weighted by molar-refractivity contribution is 5.97. The first-order chi connectivity index (χ1) is 15.2. The minimum absolute atomic E-state index is 0.326. The van der Waals surface area contributed by atoms with Gasteiger partial charge >= 0.3 is 6.09 Å². The van der Waals surface area contributed by atoms with Crippen LogP contribution in [0.4, 0.5) is 16.3 Å². The molecule has 3 aromatic rings. The summed E-state index contributed by atoms with van der Waals surface area (Å²) in [6.45, 7) is 5.32. The number of hydrogen-bond acceptors (Lipinski definition) is 5. The maximum Gasteiger partial charge on any atom is 0.408 e. The summed E-state index contributed by atoms with van der Waals surface area (Å²) in [6, 6.07) is 19.7. The summed E-state index contributed by atoms with van der Waals surface area (Å²) in [7, 11) is 0. The Hall–Kier alpha value is -3.87. The molecule has 0 aliphatic carbocycles. The lowest BCUT2D eigenvalue weighted by Gasteiger charge is -2.23. The number of nitrogen functional groups attached to an aromatic ring is 1. The third-order valence-electron chi connectivity index (χ3n) is 4.53. The van der Waals surface area contributed by atoms with E-state index in [4.69, 9.17) is 10.5 Å². The van der Waals surface area contributed by atoms with Gasteiger partial charge in [-0.3, -0.25) is 4.79 Å². The Labute approximate surface area is 188 Å². The number of hydrogen-bond donors (Lipinski definition) is 3. The molecule has 4 N–H and O–H groups in total. The predicted molar refractivity (Wildman–Crippen MR) is 126 cm³/mol. The van der Waals surface area contributed by atoms with Crippen molar-refractivity contribution in [1.29, 1.82) is 0 Å². The molecule has 1 aromatic heterocycles. The average Bonchev–Trinajstić information content (AvgIpc) is 2.73. The average molecular weight is 433 g/mol. The first-order valence-corrected chi connectivity index (χ1v) is 10.4. The number of nitrogens with zero attached hydrogens (tertiary/aromatic N) is 1. The Morgan fingerprint density at radius 2 is 1.72 bits per heavy atom. The SMILES string of the molecule is CC(C)(C)OC(=O)NC(Cc1ccccc1)C(=O)Nc1cccc(-c2ccnc(N)c2)c1. The zero-order valence-electron chi connectivity index (χ0n) is 18.5. The summed E-state index contributed by atoms with van der Waals surface area (Å²) in [6.07, 6.45) is 1.32. The van der Waals surface area contributed by atoms with Gasteiger partial charge in [0.1, 0.15) is 17.5 Å². The van der Waals surface area contributed by atoms with Crippen LogP contribution < -0.4 is 16.4 Å². The first kappa shape index (κ1) is 22.8. The van der Waals surface area contributed by atoms with Crippen LogP contribution in [0, 0.1) is 0 Å². The van der Waals surface area contributed by atoms with Gasteiger partial charge in [-0.15, -0.1) is 0 Å². The second-order valence-corrected chi connectivity index (χ2v) is 8.43. The third kappa shape index (κ3) is 6.84. The number of carbonyl (C=O) groups excluding carboxylic acids is 2. The monoisotopic (exact) mass is 432 g/mol. The number of rotatable bonds is 6. The molecule has 0 spiro atoms. The molecule has 7 nitrogen and oxygen atoms in total. The van der Waals surface area contributed by atoms with Gasteiger partial charge in [0, 0.05) is 18.3 Å². The van der Waals surface area contributed by atoms with Crippen LogP contribution >= 0.6 is 0 Å². The van der Waals surface area contributed by atoms with E-state index >= 15 is 0 Å². The van der Waals surface area contributed by atoms with Crippen LogP contribution in [0.25, 0.3) is 11.1 Å². The Balaban J connectivity index is 1.78. The lowest BCUT2D eigenvalue weighted by Crippen LogP contribution is -2.47. The highest BCUT2D eigenvalue weighted by Crippen LogP contribution is 2.23. The predicted octanol–water partition coefficient (Wildman–Crippen LogP) is 4.41. The van der Waals surface area contributed by atoms with Crippen LogP contribution in [0.5, 0.6) is 0 Å². The third-order valence-corrected chi connectivity index (χ3v) is 4.53. The number of alkyl carbamates (subject to hydrolysis) is 1. The molecule has 0 saturated carbocycles. The maximum atomic E-state index is 13.1. The fraction of sp³-hybridized carbons (Fsp3) is 0.240. The molecule has 0 fully saturated rings. The van der Waals surface area contributed by atoms with Crippen LogP contribution in [0.2, 0.25) is 0 Å². The molecule has 0 aliphatic rings. The lowest BCUT2D eigenvalue weighted by atomic mass is 10.0. The van der Waals surface area contributed by atoms with Crippen molar-refractivity contribution >= 4 is 23.5 Å². The second-order valence-electron chi connectivity index (χ2n) is 8.43. The van der Waals surface area contributed by atoms with Crippen LogP contribution in [0.1, 0.15) is 26.3 Å². The molecule has 0 radical (unpaired) electrons. The number of anilines is 2. The summed E-state index contributed by atoms with van der Waals surface area (Å²) in [5.41, 5.74) is 8.42. The Morgan fingerprint density at radius 1 is 1.00 bits per heavy atom. The normalized spacial score (nSPS) is 12.0. The maximum absolute atomic E-state index is 13.1. The lowest BCUT2D eigenvalue weighted by molar-refractivity contribution is -0.118. The van der Waals surface area contributed by atoms with Gasteiger partial charge < -0.3 is 21.1 Å². The molecule has 0 aliphatic heterocycles. The molecule has 1 unspecified atom stereocenters. The van der Waals surface area contributed by atoms with E-state index < -0.39 is 17.7 Å². The van der Waals surface area contributed by atoms with Gasteiger partial charge in [-0.25, -0.2) is 9.78 Å². The molecule has 1 atom stereocenters. The van der Waals surface area contributed by atoms with Gasteiger partial charge in [0.2, 0.25) is 5.91 Å². The van der Waals surface area contributed by atoms with E-state index in [0.29, 0.717) is 17.9 Å². The molecule has 32 heavy (non-hydrogen) atoms. The molecule has 0 bridgehead atoms. The highest BCUT2D eigenvalue weighted by atomic mass is 16.6. The van der Waals surface area contributed by atoms with E-state index in [9.17, 15) is 9.59 Å². The molecule has 0 saturated heterocycles. The van der Waals surface area contributed by atoms with Gasteiger partial charge in [-0.2, -0.15) is 0 Å². The van der Waals surface area contributed by atoms with Crippen LogP contribution in [-0.4, -0.2) is 28.6 Å². The van der Waals surface area contributed by atoms with E-state index in [1.54, 1.807) is 39.1 Å². The minimum atomic E-state index is -0.813. The van der Waals surface area contributed by atoms with Crippen molar-refractivity contribution < 1.29 is 14.3 Å². The number of nitrogens with two attached hydrogens (primary N) is 1. The van der Waals surface area contributed by atoms with Crippen molar-refractivity contribution in [3.05, 3.63) is 78.5 Å². The number of carbonyl (C=O) groups is 2. The number of benzene rings is 2. The summed E-state index contributed by atoms with van der Waals surface area (Å²) < 4.78 is 5.35. The van der Waals surface area contributed by atoms with Gasteiger partial charge in [0.05, 0.1) is 0 Å². The van der Waals surface area contributed by atoms with Crippen molar-refractivity contribution in [3.63, 3.8) is 0 Å². The summed E-state index contributed by atoms with van der Waals surface area (Å²) in [5, 5.41) is 5.60. The van der Waals surface area contributed by atoms with Gasteiger partial charge in [0.15, 0.2) is 0 Å². The van der Waals surface area contributed by atoms with E-state index in [0.717, 1.165) is 16.7 Å². The minimum Gasteiger partial charge on any atom is -0.444 e. The number of nitrogens with one attached hydrogen (secondary N) is 2. The van der Waals surface area contributed by atoms with E-state index in [1.807, 2.05) is 54.6 Å². The number of aromatic nitrogens is 1. The van der Waals surface area contributed by atoms with Crippen molar-refractivity contribution in [1.82, 2.24) is 10.3 Å². The Bertz CT molecular complexity index is 1080. The zero-order valence-corrected chi connectivity index (χ0v) is 18.5. The van der Waals surface area contributed by atoms with Crippen molar-refractivity contribution in [2.75, 3.05) is 11.1 Å². The van der Waals surface area contributed by atoms with Crippen LogP contribution in [0.15, 0.2) is 72.9 Å². The summed E-state index contributed by atoms with van der Waals surface area (Å²) >= 11 is 0. The van der Waals surface area contributed by atoms with Crippen LogP contribution in [0.3, 0.4) is 0 Å². The van der Waals surface area contributed by atoms with Crippen molar-refractivity contribution in [3.8, 4) is 11.1 Å². The van der Waals surface area contributed by atoms with Crippen LogP contribution in [-0.2, 0) is 16.0 Å². The molecule has 3 rings (SSSR count). The highest BCUT2D eigenvalue weighted by Gasteiger charge is 2.25. The molecule has 2 amide bonds. The number of amides is 2. The van der Waals surface area contributed by atoms with Gasteiger partial charge in [-0.05, 0) is 61.7 Å². The fourth-order valence-corrected chi connectivity index (χ4v) is 3.14. The van der Waals surface area contributed by atoms with E-state index in [-0.39, 0.29) is 5.91 Å². The van der Waals surface area contributed by atoms with Gasteiger partial charge in [-0.1, -0.05) is 42.5 Å². The fourth-order valence-electron chi connectivity index (χ4n) is 3.14. The summed E-state index contributed by atoms with van der Waals surface area (Å²) in [4.78, 5) is 29.5. The summed E-state index contributed by atoms with van der Waals surface area (Å²) in [5.74, 6) is 0.0764. The van der Waals surface area contributed by atoms with E-state index in [2.05, 4.69) is 15.6 Å². The molecule has 1 heterocycles. The standard InChI is InChI=1S/C25H28N4O3/c1-25(2,3)32-24(31)29-21(14-17-8-5-4-6-9-17)23(30)28-20-11-7-10-18(15-20)19-12-13-27-22(26)16-19/h4-13,15-16,21H,14H2,1-3H3,(H2,26,27)(H,28,30)(H,29,31). The second kappa shape index (κ2) is 9.96. The largest absolute Gasteiger partial charge is 0.444 e. The Morgan fingerprint density at radius 3 is 2.41 bits per heavy atom. The topological polar surface area (TPSA) is 106 Å². The number of ether oxygens (including phenoxy) is 1. The van der Waals surface area contributed by atoms with E-state index in [1.165, 1.54) is 0 Å². The zero-order chi connectivity index (χ0) is 23.1. The van der Waals surface area contributed by atoms with Crippen molar-refractivity contribution in [2.45, 2.75) is 38.8 Å². The number of pyridine rings is 1. The molecular weight excluding hydrogens is 404 g/mol. The Kier molecular flexibility index (Phi) is 7.10. The molecular formula is C25H28N4O3. The molecule has 166 valence electrons. The quantitative estimate of drug-likeness (QED) is 0.535. The smallest absolute Gasteiger partial charge is 0.408 e. The van der Waals surface area contributed by atoms with Gasteiger partial charge in [0.25, 0.3) is 0 Å². The van der Waals surface area contributed by atoms with Crippen molar-refractivity contribution in [2.24, 2.45) is 0 Å². The first-order valence-electron chi connectivity index (χ1n) is 10.4.